The van der Waals surface area contributed by atoms with Crippen molar-refractivity contribution in [3.8, 4) is 0 Å². The van der Waals surface area contributed by atoms with Crippen LogP contribution in [-0.4, -0.2) is 0 Å². The molecule has 0 aliphatic heterocycles. The first-order chi connectivity index (χ1) is 0. The minimum atomic E-state index is 0. The van der Waals surface area contributed by atoms with Crippen molar-refractivity contribution in [2.75, 3.05) is 0 Å². The fraction of sp³-hybridized carbons (Fsp3) is 0. The summed E-state index contributed by atoms with van der Waals surface area (Å²) in [5, 5.41) is 0. The van der Waals surface area contributed by atoms with E-state index in [1.54, 1.807) is 0 Å². The molecule has 0 aliphatic rings. The Morgan fingerprint density at radius 2 is 0.250 bits per heavy atom. The van der Waals surface area contributed by atoms with Gasteiger partial charge in [-0.3, -0.25) is 0 Å². The van der Waals surface area contributed by atoms with Crippen LogP contribution in [0.25, 0.3) is 0 Å². The van der Waals surface area contributed by atoms with E-state index in [1.165, 1.54) is 0 Å². The van der Waals surface area contributed by atoms with Gasteiger partial charge in [0.25, 0.3) is 0 Å². The van der Waals surface area contributed by atoms with Gasteiger partial charge in [-0.15, -0.1) is 0 Å². The minimum absolute atomic E-state index is 0. The minimum Gasteiger partial charge on any atom is 1.00 e. The molecular formula is Cu4+4. The quantitative estimate of drug-likeness (QED) is 0.533. The van der Waals surface area contributed by atoms with Gasteiger partial charge in [0.05, 0.1) is 0 Å². The van der Waals surface area contributed by atoms with E-state index in [4.69, 9.17) is 0 Å². The summed E-state index contributed by atoms with van der Waals surface area (Å²) >= 11 is 0. The molecule has 0 heterocycles. The third kappa shape index (κ3) is 8.95. The predicted octanol–water partition coefficient (Wildman–Crippen LogP) is -0.0100. The van der Waals surface area contributed by atoms with Crippen molar-refractivity contribution < 1.29 is 68.3 Å². The third-order valence-electron chi connectivity index (χ3n) is 0. The van der Waals surface area contributed by atoms with Crippen molar-refractivity contribution in [1.29, 1.82) is 0 Å². The molecule has 0 N–H and O–H groups in total. The molecule has 0 unspecified atom stereocenters. The maximum atomic E-state index is 0. The summed E-state index contributed by atoms with van der Waals surface area (Å²) in [4.78, 5) is 0. The second-order valence-corrected chi connectivity index (χ2v) is 0. The van der Waals surface area contributed by atoms with Crippen molar-refractivity contribution in [3.63, 3.8) is 0 Å². The Morgan fingerprint density at radius 3 is 0.250 bits per heavy atom. The molecular weight excluding hydrogens is 254 g/mol. The molecule has 0 bridgehead atoms. The number of hydrogen-bond donors (Lipinski definition) is 0. The standard InChI is InChI=1S/4Cu/q4*+1. The summed E-state index contributed by atoms with van der Waals surface area (Å²) in [7, 11) is 0. The van der Waals surface area contributed by atoms with Crippen LogP contribution in [-0.2, 0) is 68.3 Å². The van der Waals surface area contributed by atoms with E-state index in [1.807, 2.05) is 0 Å². The molecule has 0 aliphatic carbocycles. The summed E-state index contributed by atoms with van der Waals surface area (Å²) < 4.78 is 0. The van der Waals surface area contributed by atoms with E-state index in [-0.39, 0.29) is 68.3 Å². The molecule has 0 saturated heterocycles. The fourth-order valence-electron chi connectivity index (χ4n) is 0. The van der Waals surface area contributed by atoms with Crippen LogP contribution in [0.5, 0.6) is 0 Å². The van der Waals surface area contributed by atoms with E-state index >= 15 is 0 Å². The molecule has 4 heavy (non-hydrogen) atoms. The Bertz CT molecular complexity index is 0. The van der Waals surface area contributed by atoms with Gasteiger partial charge in [0.15, 0.2) is 0 Å². The van der Waals surface area contributed by atoms with Gasteiger partial charge in [-0.25, -0.2) is 0 Å². The second kappa shape index (κ2) is 19.6. The second-order valence-electron chi connectivity index (χ2n) is 0. The Balaban J connectivity index is 0. The Morgan fingerprint density at radius 1 is 0.250 bits per heavy atom. The molecule has 40 valence electrons. The van der Waals surface area contributed by atoms with Gasteiger partial charge in [-0.05, 0) is 0 Å². The van der Waals surface area contributed by atoms with Gasteiger partial charge < -0.3 is 0 Å². The van der Waals surface area contributed by atoms with Crippen LogP contribution < -0.4 is 0 Å². The van der Waals surface area contributed by atoms with E-state index in [9.17, 15) is 0 Å². The van der Waals surface area contributed by atoms with Crippen LogP contribution in [0.1, 0.15) is 0 Å². The Labute approximate surface area is 67.8 Å². The predicted molar refractivity (Wildman–Crippen MR) is 0 cm³/mol. The van der Waals surface area contributed by atoms with E-state index < -0.39 is 0 Å². The zero-order valence-electron chi connectivity index (χ0n) is 1.21. The molecule has 0 amide bonds. The monoisotopic (exact) mass is 252 g/mol. The summed E-state index contributed by atoms with van der Waals surface area (Å²) in [5.41, 5.74) is 0. The molecule has 0 aromatic rings. The third-order valence-corrected chi connectivity index (χ3v) is 0. The van der Waals surface area contributed by atoms with Gasteiger partial charge in [0.2, 0.25) is 0 Å². The normalized spacial score (nSPS) is 0. The van der Waals surface area contributed by atoms with Crippen molar-refractivity contribution in [2.45, 2.75) is 0 Å². The van der Waals surface area contributed by atoms with Crippen molar-refractivity contribution in [3.05, 3.63) is 0 Å². The Kier molecular flexibility index (Phi) is 177. The van der Waals surface area contributed by atoms with Crippen LogP contribution in [0.4, 0.5) is 0 Å². The maximum Gasteiger partial charge on any atom is 1.00 e. The average molecular weight is 254 g/mol. The van der Waals surface area contributed by atoms with E-state index in [0.29, 0.717) is 0 Å². The first-order valence-electron chi connectivity index (χ1n) is 0. The maximum absolute atomic E-state index is 0. The molecule has 0 aromatic heterocycles. The van der Waals surface area contributed by atoms with E-state index in [2.05, 4.69) is 0 Å². The summed E-state index contributed by atoms with van der Waals surface area (Å²) in [5.74, 6) is 0. The molecule has 0 spiro atoms. The molecule has 0 fully saturated rings. The van der Waals surface area contributed by atoms with Gasteiger partial charge in [-0.1, -0.05) is 0 Å². The molecule has 0 saturated carbocycles. The summed E-state index contributed by atoms with van der Waals surface area (Å²) in [6.45, 7) is 0. The largest absolute Gasteiger partial charge is 1.00 e. The first kappa shape index (κ1) is 36.3. The van der Waals surface area contributed by atoms with E-state index in [0.717, 1.165) is 0 Å². The van der Waals surface area contributed by atoms with Crippen molar-refractivity contribution >= 4 is 0 Å². The molecule has 0 rings (SSSR count). The fourth-order valence-corrected chi connectivity index (χ4v) is 0. The molecule has 4 heteroatoms. The zero-order chi connectivity index (χ0) is 0. The van der Waals surface area contributed by atoms with Crippen LogP contribution in [0.15, 0.2) is 0 Å². The van der Waals surface area contributed by atoms with Crippen LogP contribution in [0.3, 0.4) is 0 Å². The molecule has 0 aromatic carbocycles. The number of rotatable bonds is 0. The van der Waals surface area contributed by atoms with Crippen LogP contribution in [0.2, 0.25) is 0 Å². The Hall–Kier alpha value is 2.08. The molecule has 0 atom stereocenters. The zero-order valence-corrected chi connectivity index (χ0v) is 4.97. The van der Waals surface area contributed by atoms with Gasteiger partial charge in [-0.2, -0.15) is 0 Å². The first-order valence-corrected chi connectivity index (χ1v) is 0. The SMILES string of the molecule is [Cu+].[Cu+].[Cu+].[Cu+]. The smallest absolute Gasteiger partial charge is 1.00 e. The summed E-state index contributed by atoms with van der Waals surface area (Å²) in [6.07, 6.45) is 0. The number of hydrogen-bond acceptors (Lipinski definition) is 0. The van der Waals surface area contributed by atoms with Gasteiger partial charge in [0, 0.05) is 0 Å². The van der Waals surface area contributed by atoms with Gasteiger partial charge in [0.1, 0.15) is 0 Å². The molecule has 0 radical (unpaired) electrons. The average Bonchev–Trinajstić information content (AvgIpc) is 0. The van der Waals surface area contributed by atoms with Crippen LogP contribution in [0, 0.1) is 0 Å². The van der Waals surface area contributed by atoms with Crippen molar-refractivity contribution in [1.82, 2.24) is 0 Å². The molecule has 0 nitrogen and oxygen atoms in total. The summed E-state index contributed by atoms with van der Waals surface area (Å²) in [6, 6.07) is 0. The topological polar surface area (TPSA) is 0 Å². The van der Waals surface area contributed by atoms with Crippen molar-refractivity contribution in [2.24, 2.45) is 0 Å². The van der Waals surface area contributed by atoms with Gasteiger partial charge >= 0.3 is 68.3 Å². The van der Waals surface area contributed by atoms with Crippen LogP contribution >= 0.6 is 0 Å².